The normalized spacial score (nSPS) is 17.4. The van der Waals surface area contributed by atoms with Crippen molar-refractivity contribution >= 4 is 18.1 Å². The lowest BCUT2D eigenvalue weighted by Crippen LogP contribution is -2.12. The van der Waals surface area contributed by atoms with Gasteiger partial charge in [-0.25, -0.2) is 0 Å². The van der Waals surface area contributed by atoms with E-state index < -0.39 is 26.3 Å². The second kappa shape index (κ2) is 5.36. The van der Waals surface area contributed by atoms with Gasteiger partial charge in [-0.2, -0.15) is 0 Å². The largest absolute Gasteiger partial charge is 0.469 e. The summed E-state index contributed by atoms with van der Waals surface area (Å²) in [4.78, 5) is 11.8. The smallest absolute Gasteiger partial charge is 0.310 e. The molecule has 0 aliphatic heterocycles. The molecule has 0 bridgehead atoms. The highest BCUT2D eigenvalue weighted by Crippen LogP contribution is 2.38. The highest BCUT2D eigenvalue weighted by atomic mass is 31.2. The first-order valence-electron chi connectivity index (χ1n) is 6.99. The van der Waals surface area contributed by atoms with E-state index in [1.54, 1.807) is 0 Å². The van der Waals surface area contributed by atoms with E-state index in [2.05, 4.69) is 4.74 Å². The van der Waals surface area contributed by atoms with Gasteiger partial charge in [-0.1, -0.05) is 30.3 Å². The van der Waals surface area contributed by atoms with Gasteiger partial charge < -0.3 is 4.74 Å². The first-order valence-corrected chi connectivity index (χ1v) is 8.05. The van der Waals surface area contributed by atoms with Crippen LogP contribution in [0.4, 0.5) is 0 Å². The van der Waals surface area contributed by atoms with Crippen molar-refractivity contribution in [3.8, 4) is 0 Å². The first kappa shape index (κ1) is 8.14. The Morgan fingerprint density at radius 3 is 2.50 bits per heavy atom. The molecule has 1 aromatic rings. The SMILES string of the molecule is [2H]C(C(=O)OC([2H])([2H])[2H])C(c1ccccc1)=P(C)(C)C. The van der Waals surface area contributed by atoms with Crippen molar-refractivity contribution in [2.45, 2.75) is 6.40 Å². The molecule has 0 radical (unpaired) electrons. The molecule has 2 nitrogen and oxygen atoms in total. The van der Waals surface area contributed by atoms with Crippen LogP contribution in [-0.2, 0) is 9.53 Å². The van der Waals surface area contributed by atoms with Gasteiger partial charge in [-0.15, -0.1) is 6.89 Å². The third kappa shape index (κ3) is 3.53. The molecule has 0 heterocycles. The number of hydrogen-bond donors (Lipinski definition) is 0. The number of benzene rings is 1. The molecular formula is C13H19O2P. The molecule has 16 heavy (non-hydrogen) atoms. The van der Waals surface area contributed by atoms with E-state index >= 15 is 0 Å². The topological polar surface area (TPSA) is 26.3 Å². The highest BCUT2D eigenvalue weighted by molar-refractivity contribution is 7.74. The summed E-state index contributed by atoms with van der Waals surface area (Å²) in [5, 5.41) is 0.646. The van der Waals surface area contributed by atoms with Crippen molar-refractivity contribution in [2.75, 3.05) is 27.0 Å². The summed E-state index contributed by atoms with van der Waals surface area (Å²) in [7, 11) is -2.81. The molecule has 0 N–H and O–H groups in total. The molecule has 0 amide bonds. The Morgan fingerprint density at radius 1 is 1.38 bits per heavy atom. The molecule has 1 atom stereocenters. The van der Waals surface area contributed by atoms with Crippen LogP contribution in [-0.4, -0.2) is 38.3 Å². The van der Waals surface area contributed by atoms with Crippen LogP contribution in [0.3, 0.4) is 0 Å². The van der Waals surface area contributed by atoms with Crippen LogP contribution in [0.15, 0.2) is 30.3 Å². The van der Waals surface area contributed by atoms with E-state index in [9.17, 15) is 4.79 Å². The standard InChI is InChI=1S/C13H19O2P/c1-15-13(14)10-12(16(2,3)4)11-8-6-5-7-9-11/h5-9H,10H2,1-4H3/i1D3,10D. The molecule has 3 heteroatoms. The molecule has 1 unspecified atom stereocenters. The Balaban J connectivity index is 3.20. The summed E-state index contributed by atoms with van der Waals surface area (Å²) in [6.07, 6.45) is -1.31. The fraction of sp³-hybridized carbons (Fsp3) is 0.385. The molecule has 0 saturated heterocycles. The first-order chi connectivity index (χ1) is 9.02. The van der Waals surface area contributed by atoms with Gasteiger partial charge in [0, 0.05) is 1.37 Å². The summed E-state index contributed by atoms with van der Waals surface area (Å²) in [6, 6.07) is 9.15. The highest BCUT2D eigenvalue weighted by Gasteiger charge is 2.13. The van der Waals surface area contributed by atoms with Gasteiger partial charge >= 0.3 is 5.97 Å². The molecular weight excluding hydrogens is 219 g/mol. The molecule has 0 spiro atoms. The maximum absolute atomic E-state index is 11.8. The van der Waals surface area contributed by atoms with Crippen molar-refractivity contribution in [2.24, 2.45) is 0 Å². The summed E-state index contributed by atoms with van der Waals surface area (Å²) in [5.74, 6) is -1.03. The zero-order chi connectivity index (χ0) is 15.6. The summed E-state index contributed by atoms with van der Waals surface area (Å²) < 4.78 is 33.3. The Bertz CT molecular complexity index is 523. The predicted octanol–water partition coefficient (Wildman–Crippen LogP) is 2.68. The monoisotopic (exact) mass is 242 g/mol. The summed E-state index contributed by atoms with van der Waals surface area (Å²) in [5.41, 5.74) is 0.788. The number of carbonyl (C=O) groups is 1. The third-order valence-corrected chi connectivity index (χ3v) is 3.98. The van der Waals surface area contributed by atoms with Gasteiger partial charge in [-0.05, 0) is 30.9 Å². The quantitative estimate of drug-likeness (QED) is 0.601. The van der Waals surface area contributed by atoms with Crippen LogP contribution in [0.5, 0.6) is 0 Å². The number of methoxy groups -OCH3 is 1. The van der Waals surface area contributed by atoms with Gasteiger partial charge in [0.2, 0.25) is 0 Å². The average Bonchev–Trinajstić information content (AvgIpc) is 2.26. The molecule has 1 rings (SSSR count). The van der Waals surface area contributed by atoms with Gasteiger partial charge in [-0.3, -0.25) is 4.79 Å². The van der Waals surface area contributed by atoms with E-state index in [0.29, 0.717) is 5.29 Å². The second-order valence-electron chi connectivity index (χ2n) is 4.33. The Kier molecular flexibility index (Phi) is 2.72. The van der Waals surface area contributed by atoms with Crippen molar-refractivity contribution < 1.29 is 15.0 Å². The minimum absolute atomic E-state index is 0.646. The molecule has 1 aromatic carbocycles. The molecule has 0 saturated carbocycles. The number of carbonyl (C=O) groups excluding carboxylic acids is 1. The maximum Gasteiger partial charge on any atom is 0.310 e. The average molecular weight is 242 g/mol. The lowest BCUT2D eigenvalue weighted by Gasteiger charge is -2.17. The minimum atomic E-state index is -2.81. The van der Waals surface area contributed by atoms with Crippen LogP contribution in [0.25, 0.3) is 0 Å². The number of ether oxygens (including phenoxy) is 1. The van der Waals surface area contributed by atoms with Gasteiger partial charge in [0.25, 0.3) is 0 Å². The van der Waals surface area contributed by atoms with E-state index in [1.165, 1.54) is 0 Å². The zero-order valence-corrected chi connectivity index (χ0v) is 10.6. The van der Waals surface area contributed by atoms with Gasteiger partial charge in [0.1, 0.15) is 0 Å². The number of esters is 1. The fourth-order valence-corrected chi connectivity index (χ4v) is 2.83. The van der Waals surface area contributed by atoms with Crippen LogP contribution in [0, 0.1) is 0 Å². The number of rotatable bonds is 3. The van der Waals surface area contributed by atoms with Crippen molar-refractivity contribution in [3.63, 3.8) is 0 Å². The zero-order valence-electron chi connectivity index (χ0n) is 13.7. The van der Waals surface area contributed by atoms with Crippen LogP contribution >= 0.6 is 6.89 Å². The molecule has 0 aromatic heterocycles. The molecule has 0 aliphatic carbocycles. The van der Waals surface area contributed by atoms with Gasteiger partial charge in [0.15, 0.2) is 0 Å². The van der Waals surface area contributed by atoms with E-state index in [-0.39, 0.29) is 0 Å². The van der Waals surface area contributed by atoms with E-state index in [1.807, 2.05) is 50.3 Å². The van der Waals surface area contributed by atoms with Crippen LogP contribution in [0.2, 0.25) is 0 Å². The maximum atomic E-state index is 11.8. The number of hydrogen-bond acceptors (Lipinski definition) is 2. The Labute approximate surface area is 103 Å². The van der Waals surface area contributed by atoms with Gasteiger partial charge in [0.05, 0.1) is 17.5 Å². The van der Waals surface area contributed by atoms with E-state index in [0.717, 1.165) is 5.56 Å². The third-order valence-electron chi connectivity index (χ3n) is 2.15. The van der Waals surface area contributed by atoms with Crippen molar-refractivity contribution in [1.29, 1.82) is 0 Å². The van der Waals surface area contributed by atoms with Crippen molar-refractivity contribution in [3.05, 3.63) is 35.9 Å². The second-order valence-corrected chi connectivity index (χ2v) is 8.84. The van der Waals surface area contributed by atoms with Crippen LogP contribution < -0.4 is 0 Å². The molecule has 0 aliphatic rings. The fourth-order valence-electron chi connectivity index (χ4n) is 1.41. The lowest BCUT2D eigenvalue weighted by molar-refractivity contribution is -0.139. The Hall–Kier alpha value is -1.01. The van der Waals surface area contributed by atoms with E-state index in [4.69, 9.17) is 5.48 Å². The molecule has 88 valence electrons. The summed E-state index contributed by atoms with van der Waals surface area (Å²) in [6.45, 7) is 4.28. The van der Waals surface area contributed by atoms with Crippen molar-refractivity contribution in [1.82, 2.24) is 0 Å². The predicted molar refractivity (Wildman–Crippen MR) is 71.9 cm³/mol. The minimum Gasteiger partial charge on any atom is -0.469 e. The van der Waals surface area contributed by atoms with Crippen LogP contribution in [0.1, 0.15) is 17.4 Å². The summed E-state index contributed by atoms with van der Waals surface area (Å²) >= 11 is 0. The molecule has 0 fully saturated rings. The Morgan fingerprint density at radius 2 is 2.00 bits per heavy atom. The lowest BCUT2D eigenvalue weighted by atomic mass is 10.1.